The van der Waals surface area contributed by atoms with Gasteiger partial charge in [-0.05, 0) is 61.9 Å². The summed E-state index contributed by atoms with van der Waals surface area (Å²) in [6.07, 6.45) is 1.45. The topological polar surface area (TPSA) is 104 Å². The van der Waals surface area contributed by atoms with Gasteiger partial charge in [0.15, 0.2) is 18.1 Å². The Balaban J connectivity index is 2.27. The maximum absolute atomic E-state index is 12.5. The van der Waals surface area contributed by atoms with E-state index in [1.807, 2.05) is 26.0 Å². The van der Waals surface area contributed by atoms with Gasteiger partial charge < -0.3 is 19.5 Å². The van der Waals surface area contributed by atoms with E-state index in [0.717, 1.165) is 0 Å². The normalized spacial score (nSPS) is 10.5. The van der Waals surface area contributed by atoms with E-state index in [9.17, 15) is 10.1 Å². The molecule has 8 heteroatoms. The van der Waals surface area contributed by atoms with Gasteiger partial charge in [-0.25, -0.2) is 0 Å². The van der Waals surface area contributed by atoms with E-state index in [2.05, 4.69) is 21.2 Å². The molecule has 0 atom stereocenters. The lowest BCUT2D eigenvalue weighted by Crippen LogP contribution is -2.13. The smallest absolute Gasteiger partial charge is 0.266 e. The van der Waals surface area contributed by atoms with Crippen LogP contribution >= 0.6 is 15.9 Å². The molecule has 7 nitrogen and oxygen atoms in total. The molecule has 0 unspecified atom stereocenters. The van der Waals surface area contributed by atoms with Gasteiger partial charge in [-0.3, -0.25) is 4.79 Å². The Kier molecular flexibility index (Phi) is 8.74. The lowest BCUT2D eigenvalue weighted by atomic mass is 10.1. The second-order valence-corrected chi connectivity index (χ2v) is 6.64. The molecular weight excluding hydrogens is 450 g/mol. The number of nitrogens with zero attached hydrogens (tertiary/aromatic N) is 2. The number of rotatable bonds is 9. The summed E-state index contributed by atoms with van der Waals surface area (Å²) in [5, 5.41) is 20.9. The third-order valence-corrected chi connectivity index (χ3v) is 4.43. The summed E-state index contributed by atoms with van der Waals surface area (Å²) in [6, 6.07) is 14.0. The maximum Gasteiger partial charge on any atom is 0.266 e. The molecule has 30 heavy (non-hydrogen) atoms. The highest BCUT2D eigenvalue weighted by atomic mass is 79.9. The molecule has 0 fully saturated rings. The fourth-order valence-corrected chi connectivity index (χ4v) is 2.89. The predicted octanol–water partition coefficient (Wildman–Crippen LogP) is 4.69. The van der Waals surface area contributed by atoms with E-state index in [1.54, 1.807) is 36.4 Å². The molecule has 2 aromatic carbocycles. The van der Waals surface area contributed by atoms with Crippen LogP contribution in [0.1, 0.15) is 19.4 Å². The molecule has 154 valence electrons. The Bertz CT molecular complexity index is 1000. The zero-order chi connectivity index (χ0) is 21.9. The second kappa shape index (κ2) is 11.5. The predicted molar refractivity (Wildman–Crippen MR) is 116 cm³/mol. The van der Waals surface area contributed by atoms with Crippen molar-refractivity contribution >= 4 is 33.6 Å². The monoisotopic (exact) mass is 469 g/mol. The SMILES string of the molecule is CCOc1ccc(NC(=O)/C(C#N)=C/c2cc(OCC)c(OCC#N)cc2Br)cc1. The van der Waals surface area contributed by atoms with Gasteiger partial charge in [0.25, 0.3) is 5.91 Å². The van der Waals surface area contributed by atoms with Gasteiger partial charge in [-0.2, -0.15) is 10.5 Å². The van der Waals surface area contributed by atoms with Crippen molar-refractivity contribution in [2.75, 3.05) is 25.1 Å². The summed E-state index contributed by atoms with van der Waals surface area (Å²) in [6.45, 7) is 4.51. The molecule has 0 spiro atoms. The van der Waals surface area contributed by atoms with Crippen LogP contribution in [-0.4, -0.2) is 25.7 Å². The minimum Gasteiger partial charge on any atom is -0.494 e. The van der Waals surface area contributed by atoms with Crippen molar-refractivity contribution in [2.45, 2.75) is 13.8 Å². The van der Waals surface area contributed by atoms with Crippen LogP contribution < -0.4 is 19.5 Å². The summed E-state index contributed by atoms with van der Waals surface area (Å²) in [4.78, 5) is 12.5. The van der Waals surface area contributed by atoms with Gasteiger partial charge >= 0.3 is 0 Å². The third-order valence-electron chi connectivity index (χ3n) is 3.74. The average molecular weight is 470 g/mol. The van der Waals surface area contributed by atoms with Crippen LogP contribution in [0.3, 0.4) is 0 Å². The number of halogens is 1. The van der Waals surface area contributed by atoms with Crippen LogP contribution in [0.15, 0.2) is 46.4 Å². The molecule has 0 aliphatic rings. The van der Waals surface area contributed by atoms with Crippen molar-refractivity contribution in [1.82, 2.24) is 0 Å². The fourth-order valence-electron chi connectivity index (χ4n) is 2.46. The first-order valence-electron chi connectivity index (χ1n) is 9.14. The van der Waals surface area contributed by atoms with Crippen molar-refractivity contribution in [3.63, 3.8) is 0 Å². The third kappa shape index (κ3) is 6.26. The summed E-state index contributed by atoms with van der Waals surface area (Å²) >= 11 is 3.40. The van der Waals surface area contributed by atoms with Crippen LogP contribution in [-0.2, 0) is 4.79 Å². The standard InChI is InChI=1S/C22H20BrN3O4/c1-3-28-18-7-5-17(6-8-18)26-22(27)16(14-25)11-15-12-20(29-4-2)21(13-19(15)23)30-10-9-24/h5-8,11-13H,3-4,10H2,1-2H3,(H,26,27)/b16-11+. The Morgan fingerprint density at radius 1 is 1.07 bits per heavy atom. The van der Waals surface area contributed by atoms with Gasteiger partial charge in [0.05, 0.1) is 13.2 Å². The molecule has 0 bridgehead atoms. The molecule has 0 aliphatic carbocycles. The first-order chi connectivity index (χ1) is 14.5. The average Bonchev–Trinajstić information content (AvgIpc) is 2.74. The maximum atomic E-state index is 12.5. The summed E-state index contributed by atoms with van der Waals surface area (Å²) < 4.78 is 16.9. The number of carbonyl (C=O) groups is 1. The van der Waals surface area contributed by atoms with Crippen LogP contribution in [0.4, 0.5) is 5.69 Å². The van der Waals surface area contributed by atoms with E-state index in [0.29, 0.717) is 46.2 Å². The molecule has 0 saturated heterocycles. The Morgan fingerprint density at radius 3 is 2.33 bits per heavy atom. The molecule has 0 aliphatic heterocycles. The van der Waals surface area contributed by atoms with Crippen molar-refractivity contribution in [2.24, 2.45) is 0 Å². The van der Waals surface area contributed by atoms with E-state index < -0.39 is 5.91 Å². The van der Waals surface area contributed by atoms with Crippen LogP contribution in [0.5, 0.6) is 17.2 Å². The summed E-state index contributed by atoms with van der Waals surface area (Å²) in [5.74, 6) is 0.945. The first kappa shape index (κ1) is 22.8. The summed E-state index contributed by atoms with van der Waals surface area (Å²) in [7, 11) is 0. The highest BCUT2D eigenvalue weighted by Gasteiger charge is 2.14. The zero-order valence-corrected chi connectivity index (χ0v) is 18.2. The van der Waals surface area contributed by atoms with Crippen molar-refractivity contribution in [3.05, 3.63) is 52.0 Å². The highest BCUT2D eigenvalue weighted by molar-refractivity contribution is 9.10. The Morgan fingerprint density at radius 2 is 1.73 bits per heavy atom. The van der Waals surface area contributed by atoms with Gasteiger partial charge in [0.1, 0.15) is 23.5 Å². The number of benzene rings is 2. The zero-order valence-electron chi connectivity index (χ0n) is 16.6. The number of amides is 1. The lowest BCUT2D eigenvalue weighted by molar-refractivity contribution is -0.112. The highest BCUT2D eigenvalue weighted by Crippen LogP contribution is 2.35. The lowest BCUT2D eigenvalue weighted by Gasteiger charge is -2.12. The molecule has 2 rings (SSSR count). The van der Waals surface area contributed by atoms with E-state index >= 15 is 0 Å². The second-order valence-electron chi connectivity index (χ2n) is 5.78. The minimum atomic E-state index is -0.545. The molecule has 0 saturated carbocycles. The first-order valence-corrected chi connectivity index (χ1v) is 9.93. The summed E-state index contributed by atoms with van der Waals surface area (Å²) in [5.41, 5.74) is 1.01. The fraction of sp³-hybridized carbons (Fsp3) is 0.227. The van der Waals surface area contributed by atoms with Crippen molar-refractivity contribution in [3.8, 4) is 29.4 Å². The molecule has 0 radical (unpaired) electrons. The molecular formula is C22H20BrN3O4. The van der Waals surface area contributed by atoms with Crippen LogP contribution in [0, 0.1) is 22.7 Å². The molecule has 2 aromatic rings. The number of ether oxygens (including phenoxy) is 3. The van der Waals surface area contributed by atoms with Gasteiger partial charge in [-0.1, -0.05) is 15.9 Å². The number of hydrogen-bond donors (Lipinski definition) is 1. The number of hydrogen-bond acceptors (Lipinski definition) is 6. The Labute approximate surface area is 183 Å². The number of nitrogens with one attached hydrogen (secondary N) is 1. The quantitative estimate of drug-likeness (QED) is 0.421. The minimum absolute atomic E-state index is 0.0854. The molecule has 1 amide bonds. The largest absolute Gasteiger partial charge is 0.494 e. The Hall–Kier alpha value is -3.49. The number of nitriles is 2. The van der Waals surface area contributed by atoms with E-state index in [1.165, 1.54) is 6.08 Å². The van der Waals surface area contributed by atoms with Crippen molar-refractivity contribution in [1.29, 1.82) is 10.5 Å². The van der Waals surface area contributed by atoms with Gasteiger partial charge in [-0.15, -0.1) is 0 Å². The van der Waals surface area contributed by atoms with Gasteiger partial charge in [0.2, 0.25) is 0 Å². The van der Waals surface area contributed by atoms with E-state index in [-0.39, 0.29) is 12.2 Å². The molecule has 0 aromatic heterocycles. The van der Waals surface area contributed by atoms with Gasteiger partial charge in [0, 0.05) is 10.2 Å². The molecule has 1 N–H and O–H groups in total. The van der Waals surface area contributed by atoms with Crippen LogP contribution in [0.25, 0.3) is 6.08 Å². The molecule has 0 heterocycles. The number of anilines is 1. The van der Waals surface area contributed by atoms with E-state index in [4.69, 9.17) is 19.5 Å². The van der Waals surface area contributed by atoms with Crippen molar-refractivity contribution < 1.29 is 19.0 Å². The number of carbonyl (C=O) groups excluding carboxylic acids is 1. The van der Waals surface area contributed by atoms with Crippen LogP contribution in [0.2, 0.25) is 0 Å².